The SMILES string of the molecule is CCCOCCC(C)C.Cc1nc(N/N=C/c2ccc(Nc3cc(O)cc(N4CCCC(C)N4)c3)cn2)ncc1F. The van der Waals surface area contributed by atoms with Gasteiger partial charge in [0.05, 0.1) is 41.4 Å². The largest absolute Gasteiger partial charge is 0.508 e. The second kappa shape index (κ2) is 16.4. The number of hydrogen-bond donors (Lipinski definition) is 4. The average molecular weight is 567 g/mol. The van der Waals surface area contributed by atoms with Crippen molar-refractivity contribution in [1.82, 2.24) is 20.4 Å². The van der Waals surface area contributed by atoms with Crippen molar-refractivity contribution in [2.24, 2.45) is 11.0 Å². The highest BCUT2D eigenvalue weighted by Gasteiger charge is 2.17. The smallest absolute Gasteiger partial charge is 0.243 e. The summed E-state index contributed by atoms with van der Waals surface area (Å²) in [5, 5.41) is 19.5. The van der Waals surface area contributed by atoms with Crippen molar-refractivity contribution in [2.75, 3.05) is 35.5 Å². The van der Waals surface area contributed by atoms with Crippen LogP contribution in [0.5, 0.6) is 5.75 Å². The van der Waals surface area contributed by atoms with E-state index < -0.39 is 5.82 Å². The van der Waals surface area contributed by atoms with Crippen molar-refractivity contribution < 1.29 is 14.2 Å². The number of anilines is 4. The van der Waals surface area contributed by atoms with Crippen molar-refractivity contribution in [3.8, 4) is 5.75 Å². The molecule has 1 aromatic carbocycles. The Morgan fingerprint density at radius 3 is 2.71 bits per heavy atom. The number of hydrogen-bond acceptors (Lipinski definition) is 10. The lowest BCUT2D eigenvalue weighted by Gasteiger charge is -2.34. The van der Waals surface area contributed by atoms with Crippen molar-refractivity contribution in [2.45, 2.75) is 66.3 Å². The van der Waals surface area contributed by atoms with Gasteiger partial charge in [0, 0.05) is 43.6 Å². The van der Waals surface area contributed by atoms with Gasteiger partial charge in [0.25, 0.3) is 0 Å². The van der Waals surface area contributed by atoms with E-state index in [-0.39, 0.29) is 17.4 Å². The number of pyridine rings is 1. The normalized spacial score (nSPS) is 15.1. The maximum Gasteiger partial charge on any atom is 0.243 e. The van der Waals surface area contributed by atoms with Crippen LogP contribution in [0.15, 0.2) is 47.8 Å². The van der Waals surface area contributed by atoms with Gasteiger partial charge in [-0.05, 0) is 63.6 Å². The molecule has 2 aromatic heterocycles. The van der Waals surface area contributed by atoms with E-state index in [2.05, 4.69) is 68.9 Å². The molecule has 3 heterocycles. The first-order chi connectivity index (χ1) is 19.7. The van der Waals surface area contributed by atoms with E-state index in [1.54, 1.807) is 31.3 Å². The maximum atomic E-state index is 13.2. The van der Waals surface area contributed by atoms with Gasteiger partial charge in [-0.1, -0.05) is 20.8 Å². The van der Waals surface area contributed by atoms with Crippen LogP contribution >= 0.6 is 0 Å². The molecule has 1 atom stereocenters. The van der Waals surface area contributed by atoms with Crippen molar-refractivity contribution in [3.63, 3.8) is 0 Å². The molecule has 0 amide bonds. The number of halogens is 1. The number of phenols is 1. The fourth-order valence-electron chi connectivity index (χ4n) is 3.93. The van der Waals surface area contributed by atoms with Gasteiger partial charge in [-0.15, -0.1) is 0 Å². The Kier molecular flexibility index (Phi) is 12.7. The third-order valence-corrected chi connectivity index (χ3v) is 6.15. The monoisotopic (exact) mass is 566 g/mol. The van der Waals surface area contributed by atoms with Crippen molar-refractivity contribution >= 4 is 29.2 Å². The summed E-state index contributed by atoms with van der Waals surface area (Å²) in [5.41, 5.74) is 9.37. The van der Waals surface area contributed by atoms with Crippen molar-refractivity contribution in [3.05, 3.63) is 59.9 Å². The second-order valence-corrected chi connectivity index (χ2v) is 10.5. The molecule has 222 valence electrons. The summed E-state index contributed by atoms with van der Waals surface area (Å²) in [6.07, 6.45) is 8.84. The van der Waals surface area contributed by atoms with Crippen LogP contribution in [0, 0.1) is 18.7 Å². The van der Waals surface area contributed by atoms with Crippen LogP contribution < -0.4 is 21.2 Å². The Morgan fingerprint density at radius 1 is 1.20 bits per heavy atom. The van der Waals surface area contributed by atoms with E-state index >= 15 is 0 Å². The van der Waals surface area contributed by atoms with Crippen LogP contribution in [0.25, 0.3) is 0 Å². The quantitative estimate of drug-likeness (QED) is 0.123. The van der Waals surface area contributed by atoms with Crippen LogP contribution in [-0.2, 0) is 4.74 Å². The predicted octanol–water partition coefficient (Wildman–Crippen LogP) is 6.17. The van der Waals surface area contributed by atoms with Gasteiger partial charge in [-0.25, -0.2) is 25.2 Å². The number of hydrazine groups is 1. The Hall–Kier alpha value is -3.83. The summed E-state index contributed by atoms with van der Waals surface area (Å²) < 4.78 is 18.5. The van der Waals surface area contributed by atoms with Gasteiger partial charge in [-0.2, -0.15) is 5.10 Å². The number of nitrogens with zero attached hydrogens (tertiary/aromatic N) is 5. The number of rotatable bonds is 11. The zero-order valence-corrected chi connectivity index (χ0v) is 24.7. The molecule has 1 aliphatic heterocycles. The summed E-state index contributed by atoms with van der Waals surface area (Å²) in [5.74, 6) is 0.702. The van der Waals surface area contributed by atoms with E-state index in [1.165, 1.54) is 12.6 Å². The molecule has 1 aliphatic rings. The molecule has 11 heteroatoms. The molecule has 1 unspecified atom stereocenters. The predicted molar refractivity (Wildman–Crippen MR) is 163 cm³/mol. The summed E-state index contributed by atoms with van der Waals surface area (Å²) in [7, 11) is 0. The number of benzene rings is 1. The number of nitrogens with one attached hydrogen (secondary N) is 3. The number of phenolic OH excluding ortho intramolecular Hbond substituents is 1. The highest BCUT2D eigenvalue weighted by molar-refractivity contribution is 5.78. The minimum absolute atomic E-state index is 0.186. The standard InChI is InChI=1S/C22H25FN8O.C8H18O/c1-14-4-3-7-31(30-14)19-8-18(9-20(32)10-19)28-17-6-5-16(24-11-17)12-26-29-22-25-13-21(23)15(2)27-22;1-4-6-9-7-5-8(2)3/h5-6,8-14,28,30,32H,3-4,7H2,1-2H3,(H,25,27,29);8H,4-7H2,1-3H3/b26-12+;. The van der Waals surface area contributed by atoms with Gasteiger partial charge < -0.3 is 20.2 Å². The summed E-state index contributed by atoms with van der Waals surface area (Å²) in [6, 6.07) is 9.44. The van der Waals surface area contributed by atoms with E-state index in [9.17, 15) is 9.50 Å². The van der Waals surface area contributed by atoms with Crippen LogP contribution in [0.4, 0.5) is 27.4 Å². The van der Waals surface area contributed by atoms with Crippen LogP contribution in [0.2, 0.25) is 0 Å². The summed E-state index contributed by atoms with van der Waals surface area (Å²) in [6.45, 7) is 13.0. The minimum Gasteiger partial charge on any atom is -0.508 e. The summed E-state index contributed by atoms with van der Waals surface area (Å²) in [4.78, 5) is 12.1. The molecule has 0 aliphatic carbocycles. The van der Waals surface area contributed by atoms with Crippen molar-refractivity contribution in [1.29, 1.82) is 0 Å². The number of aromatic hydroxyl groups is 1. The highest BCUT2D eigenvalue weighted by atomic mass is 19.1. The second-order valence-electron chi connectivity index (χ2n) is 10.5. The molecule has 3 aromatic rings. The van der Waals surface area contributed by atoms with Gasteiger partial charge >= 0.3 is 0 Å². The number of aryl methyl sites for hydroxylation is 1. The highest BCUT2D eigenvalue weighted by Crippen LogP contribution is 2.29. The maximum absolute atomic E-state index is 13.2. The van der Waals surface area contributed by atoms with Gasteiger partial charge in [-0.3, -0.25) is 4.98 Å². The van der Waals surface area contributed by atoms with E-state index in [0.29, 0.717) is 11.7 Å². The lowest BCUT2D eigenvalue weighted by Crippen LogP contribution is -2.48. The van der Waals surface area contributed by atoms with Gasteiger partial charge in [0.2, 0.25) is 5.95 Å². The third-order valence-electron chi connectivity index (χ3n) is 6.15. The number of hydrazone groups is 1. The number of ether oxygens (including phenoxy) is 1. The van der Waals surface area contributed by atoms with Crippen LogP contribution in [0.1, 0.15) is 64.8 Å². The molecule has 0 saturated carbocycles. The topological polar surface area (TPSA) is 120 Å². The first kappa shape index (κ1) is 31.7. The Morgan fingerprint density at radius 2 is 2.02 bits per heavy atom. The fourth-order valence-corrected chi connectivity index (χ4v) is 3.93. The van der Waals surface area contributed by atoms with E-state index in [1.807, 2.05) is 12.1 Å². The molecular formula is C30H43FN8O2. The third kappa shape index (κ3) is 11.3. The molecule has 0 radical (unpaired) electrons. The Bertz CT molecular complexity index is 1240. The lowest BCUT2D eigenvalue weighted by molar-refractivity contribution is 0.124. The van der Waals surface area contributed by atoms with E-state index in [4.69, 9.17) is 4.74 Å². The zero-order chi connectivity index (χ0) is 29.6. The molecule has 0 bridgehead atoms. The molecule has 4 rings (SSSR count). The first-order valence-electron chi connectivity index (χ1n) is 14.2. The molecule has 4 N–H and O–H groups in total. The lowest BCUT2D eigenvalue weighted by atomic mass is 10.1. The average Bonchev–Trinajstić information content (AvgIpc) is 2.94. The Balaban J connectivity index is 0.000000445. The van der Waals surface area contributed by atoms with Crippen LogP contribution in [0.3, 0.4) is 0 Å². The molecule has 41 heavy (non-hydrogen) atoms. The first-order valence-corrected chi connectivity index (χ1v) is 14.2. The van der Waals surface area contributed by atoms with Crippen LogP contribution in [-0.4, -0.2) is 52.1 Å². The number of aromatic nitrogens is 3. The summed E-state index contributed by atoms with van der Waals surface area (Å²) >= 11 is 0. The molecule has 10 nitrogen and oxygen atoms in total. The molecule has 1 fully saturated rings. The molecular weight excluding hydrogens is 523 g/mol. The minimum atomic E-state index is -0.468. The molecule has 0 spiro atoms. The fraction of sp³-hybridized carbons (Fsp3) is 0.467. The van der Waals surface area contributed by atoms with Gasteiger partial charge in [0.1, 0.15) is 5.75 Å². The Labute approximate surface area is 242 Å². The van der Waals surface area contributed by atoms with E-state index in [0.717, 1.165) is 68.2 Å². The van der Waals surface area contributed by atoms with Gasteiger partial charge in [0.15, 0.2) is 5.82 Å². The zero-order valence-electron chi connectivity index (χ0n) is 24.7. The molecule has 1 saturated heterocycles.